The first-order valence-corrected chi connectivity index (χ1v) is 4.30. The molecule has 0 aromatic rings. The second-order valence-corrected chi connectivity index (χ2v) is 3.52. The Balaban J connectivity index is 4.02. The molecule has 62 valence electrons. The van der Waals surface area contributed by atoms with Crippen molar-refractivity contribution in [2.45, 2.75) is 40.5 Å². The van der Waals surface area contributed by atoms with Gasteiger partial charge in [0, 0.05) is 0 Å². The number of rotatable bonds is 4. The largest absolute Gasteiger partial charge is 0.330 e. The predicted molar refractivity (Wildman–Crippen MR) is 46.9 cm³/mol. The van der Waals surface area contributed by atoms with Gasteiger partial charge in [-0.3, -0.25) is 0 Å². The van der Waals surface area contributed by atoms with Crippen molar-refractivity contribution >= 4 is 0 Å². The van der Waals surface area contributed by atoms with Crippen molar-refractivity contribution in [3.63, 3.8) is 0 Å². The molecule has 10 heavy (non-hydrogen) atoms. The highest BCUT2D eigenvalue weighted by Crippen LogP contribution is 2.31. The first-order chi connectivity index (χ1) is 4.60. The van der Waals surface area contributed by atoms with Crippen LogP contribution in [0.15, 0.2) is 0 Å². The highest BCUT2D eigenvalue weighted by molar-refractivity contribution is 4.78. The predicted octanol–water partition coefficient (Wildman–Crippen LogP) is 2.41. The first kappa shape index (κ1) is 9.96. The van der Waals surface area contributed by atoms with Crippen LogP contribution in [0.2, 0.25) is 0 Å². The fourth-order valence-corrected chi connectivity index (χ4v) is 1.19. The summed E-state index contributed by atoms with van der Waals surface area (Å²) in [5, 5.41) is 0. The highest BCUT2D eigenvalue weighted by Gasteiger charge is 2.25. The van der Waals surface area contributed by atoms with E-state index in [0.29, 0.717) is 5.41 Å². The Morgan fingerprint density at radius 2 is 1.90 bits per heavy atom. The van der Waals surface area contributed by atoms with Crippen molar-refractivity contribution in [1.29, 1.82) is 0 Å². The maximum absolute atomic E-state index is 5.69. The van der Waals surface area contributed by atoms with Crippen LogP contribution in [0.5, 0.6) is 0 Å². The summed E-state index contributed by atoms with van der Waals surface area (Å²) in [6.07, 6.45) is 2.43. The van der Waals surface area contributed by atoms with Gasteiger partial charge in [-0.2, -0.15) is 0 Å². The van der Waals surface area contributed by atoms with Crippen LogP contribution in [0.25, 0.3) is 0 Å². The van der Waals surface area contributed by atoms with Crippen LogP contribution in [0.4, 0.5) is 0 Å². The molecule has 2 N–H and O–H groups in total. The van der Waals surface area contributed by atoms with Gasteiger partial charge in [0.25, 0.3) is 0 Å². The molecule has 0 radical (unpaired) electrons. The van der Waals surface area contributed by atoms with E-state index in [1.807, 2.05) is 0 Å². The van der Waals surface area contributed by atoms with Crippen LogP contribution in [-0.4, -0.2) is 6.54 Å². The zero-order valence-corrected chi connectivity index (χ0v) is 7.78. The number of hydrogen-bond donors (Lipinski definition) is 1. The van der Waals surface area contributed by atoms with Crippen molar-refractivity contribution in [3.8, 4) is 0 Å². The average Bonchev–Trinajstić information content (AvgIpc) is 2.01. The quantitative estimate of drug-likeness (QED) is 0.642. The van der Waals surface area contributed by atoms with Crippen LogP contribution in [0.3, 0.4) is 0 Å². The zero-order chi connectivity index (χ0) is 8.20. The van der Waals surface area contributed by atoms with Crippen LogP contribution in [0, 0.1) is 11.3 Å². The summed E-state index contributed by atoms with van der Waals surface area (Å²) in [4.78, 5) is 0. The van der Waals surface area contributed by atoms with Crippen LogP contribution < -0.4 is 5.73 Å². The molecule has 0 aliphatic carbocycles. The fourth-order valence-electron chi connectivity index (χ4n) is 1.19. The lowest BCUT2D eigenvalue weighted by molar-refractivity contribution is 0.197. The van der Waals surface area contributed by atoms with E-state index in [9.17, 15) is 0 Å². The molecule has 0 spiro atoms. The monoisotopic (exact) mass is 143 g/mol. The third-order valence-corrected chi connectivity index (χ3v) is 3.08. The molecular formula is C9H21N. The van der Waals surface area contributed by atoms with E-state index < -0.39 is 0 Å². The standard InChI is InChI=1S/C9H21N/c1-5-8(3)9(4,6-2)7-10/h8H,5-7,10H2,1-4H3. The van der Waals surface area contributed by atoms with E-state index >= 15 is 0 Å². The lowest BCUT2D eigenvalue weighted by Crippen LogP contribution is -2.32. The molecule has 0 saturated carbocycles. The molecular weight excluding hydrogens is 122 g/mol. The molecule has 0 aromatic carbocycles. The molecule has 2 atom stereocenters. The van der Waals surface area contributed by atoms with E-state index in [2.05, 4.69) is 27.7 Å². The van der Waals surface area contributed by atoms with Crippen molar-refractivity contribution in [2.24, 2.45) is 17.1 Å². The van der Waals surface area contributed by atoms with Crippen LogP contribution in [0.1, 0.15) is 40.5 Å². The second kappa shape index (κ2) is 3.97. The molecule has 0 amide bonds. The van der Waals surface area contributed by atoms with Gasteiger partial charge < -0.3 is 5.73 Å². The number of hydrogen-bond acceptors (Lipinski definition) is 1. The maximum Gasteiger partial charge on any atom is -0.00207 e. The lowest BCUT2D eigenvalue weighted by atomic mass is 9.75. The smallest absolute Gasteiger partial charge is 0.00207 e. The first-order valence-electron chi connectivity index (χ1n) is 4.30. The Morgan fingerprint density at radius 1 is 1.40 bits per heavy atom. The second-order valence-electron chi connectivity index (χ2n) is 3.52. The minimum atomic E-state index is 0.370. The molecule has 0 aliphatic rings. The average molecular weight is 143 g/mol. The molecule has 1 nitrogen and oxygen atoms in total. The van der Waals surface area contributed by atoms with Crippen molar-refractivity contribution in [1.82, 2.24) is 0 Å². The van der Waals surface area contributed by atoms with E-state index in [0.717, 1.165) is 12.5 Å². The summed E-state index contributed by atoms with van der Waals surface area (Å²) >= 11 is 0. The minimum absolute atomic E-state index is 0.370. The van der Waals surface area contributed by atoms with Gasteiger partial charge in [-0.05, 0) is 24.3 Å². The summed E-state index contributed by atoms with van der Waals surface area (Å²) in [7, 11) is 0. The van der Waals surface area contributed by atoms with Gasteiger partial charge in [-0.25, -0.2) is 0 Å². The molecule has 0 saturated heterocycles. The van der Waals surface area contributed by atoms with E-state index in [-0.39, 0.29) is 0 Å². The molecule has 0 rings (SSSR count). The molecule has 1 heteroatoms. The molecule has 2 unspecified atom stereocenters. The van der Waals surface area contributed by atoms with Gasteiger partial charge >= 0.3 is 0 Å². The fraction of sp³-hybridized carbons (Fsp3) is 1.00. The van der Waals surface area contributed by atoms with Gasteiger partial charge in [0.05, 0.1) is 0 Å². The van der Waals surface area contributed by atoms with Gasteiger partial charge in [-0.1, -0.05) is 34.1 Å². The normalized spacial score (nSPS) is 20.1. The van der Waals surface area contributed by atoms with E-state index in [1.54, 1.807) is 0 Å². The molecule has 0 aliphatic heterocycles. The minimum Gasteiger partial charge on any atom is -0.330 e. The third-order valence-electron chi connectivity index (χ3n) is 3.08. The van der Waals surface area contributed by atoms with E-state index in [1.165, 1.54) is 12.8 Å². The van der Waals surface area contributed by atoms with Crippen LogP contribution >= 0.6 is 0 Å². The topological polar surface area (TPSA) is 26.0 Å². The Hall–Kier alpha value is -0.0400. The van der Waals surface area contributed by atoms with Crippen molar-refractivity contribution < 1.29 is 0 Å². The SMILES string of the molecule is CCC(C)C(C)(CC)CN. The lowest BCUT2D eigenvalue weighted by Gasteiger charge is -2.32. The summed E-state index contributed by atoms with van der Waals surface area (Å²) in [5.74, 6) is 0.752. The highest BCUT2D eigenvalue weighted by atomic mass is 14.6. The van der Waals surface area contributed by atoms with Crippen molar-refractivity contribution in [3.05, 3.63) is 0 Å². The Labute approximate surface area is 65.0 Å². The van der Waals surface area contributed by atoms with Gasteiger partial charge in [-0.15, -0.1) is 0 Å². The molecule has 0 fully saturated rings. The Kier molecular flexibility index (Phi) is 3.95. The maximum atomic E-state index is 5.69. The van der Waals surface area contributed by atoms with Gasteiger partial charge in [0.1, 0.15) is 0 Å². The summed E-state index contributed by atoms with van der Waals surface area (Å²) in [6, 6.07) is 0. The Morgan fingerprint density at radius 3 is 2.00 bits per heavy atom. The molecule has 0 heterocycles. The zero-order valence-electron chi connectivity index (χ0n) is 7.78. The number of nitrogens with two attached hydrogens (primary N) is 1. The third kappa shape index (κ3) is 1.98. The summed E-state index contributed by atoms with van der Waals surface area (Å²) in [5.41, 5.74) is 6.06. The summed E-state index contributed by atoms with van der Waals surface area (Å²) in [6.45, 7) is 9.84. The van der Waals surface area contributed by atoms with Crippen LogP contribution in [-0.2, 0) is 0 Å². The van der Waals surface area contributed by atoms with Gasteiger partial charge in [0.15, 0.2) is 0 Å². The molecule has 0 aromatic heterocycles. The van der Waals surface area contributed by atoms with E-state index in [4.69, 9.17) is 5.73 Å². The van der Waals surface area contributed by atoms with Crippen molar-refractivity contribution in [2.75, 3.05) is 6.54 Å². The van der Waals surface area contributed by atoms with Gasteiger partial charge in [0.2, 0.25) is 0 Å². The summed E-state index contributed by atoms with van der Waals surface area (Å²) < 4.78 is 0. The molecule has 0 bridgehead atoms. The Bertz CT molecular complexity index is 84.7.